The standard InChI is InChI=1S/C13H22N4O4/c1-7(2)9(6-10(18)19)14-13-12(17(20)21)11(8(3)4)15-16(13)5/h7-9,14H,6H2,1-5H3,(H,18,19). The van der Waals surface area contributed by atoms with Gasteiger partial charge < -0.3 is 10.4 Å². The minimum Gasteiger partial charge on any atom is -0.481 e. The highest BCUT2D eigenvalue weighted by Gasteiger charge is 2.30. The van der Waals surface area contributed by atoms with Crippen molar-refractivity contribution in [2.45, 2.75) is 46.1 Å². The average Bonchev–Trinajstić information content (AvgIpc) is 2.65. The van der Waals surface area contributed by atoms with Gasteiger partial charge in [-0.25, -0.2) is 4.68 Å². The van der Waals surface area contributed by atoms with E-state index in [9.17, 15) is 14.9 Å². The molecule has 1 rings (SSSR count). The molecule has 2 N–H and O–H groups in total. The van der Waals surface area contributed by atoms with Gasteiger partial charge in [-0.3, -0.25) is 14.9 Å². The molecular formula is C13H22N4O4. The first-order valence-electron chi connectivity index (χ1n) is 6.84. The summed E-state index contributed by atoms with van der Waals surface area (Å²) < 4.78 is 1.41. The van der Waals surface area contributed by atoms with Crippen LogP contribution in [0.15, 0.2) is 0 Å². The first kappa shape index (κ1) is 16.9. The summed E-state index contributed by atoms with van der Waals surface area (Å²) in [5.74, 6) is -0.777. The number of anilines is 1. The van der Waals surface area contributed by atoms with Crippen molar-refractivity contribution in [3.8, 4) is 0 Å². The van der Waals surface area contributed by atoms with Gasteiger partial charge in [0.25, 0.3) is 0 Å². The Morgan fingerprint density at radius 2 is 2.00 bits per heavy atom. The Kier molecular flexibility index (Phi) is 5.28. The van der Waals surface area contributed by atoms with E-state index in [0.29, 0.717) is 5.69 Å². The van der Waals surface area contributed by atoms with Crippen LogP contribution in [0.25, 0.3) is 0 Å². The highest BCUT2D eigenvalue weighted by atomic mass is 16.6. The third-order valence-corrected chi connectivity index (χ3v) is 3.30. The molecule has 0 radical (unpaired) electrons. The van der Waals surface area contributed by atoms with Crippen LogP contribution in [0, 0.1) is 16.0 Å². The predicted molar refractivity (Wildman–Crippen MR) is 78.5 cm³/mol. The molecule has 0 amide bonds. The maximum atomic E-state index is 11.3. The zero-order valence-electron chi connectivity index (χ0n) is 13.0. The minimum absolute atomic E-state index is 0.0121. The number of aliphatic carboxylic acids is 1. The Morgan fingerprint density at radius 3 is 2.38 bits per heavy atom. The van der Waals surface area contributed by atoms with Gasteiger partial charge in [0, 0.05) is 19.0 Å². The number of carboxylic acid groups (broad SMARTS) is 1. The van der Waals surface area contributed by atoms with E-state index in [2.05, 4.69) is 10.4 Å². The largest absolute Gasteiger partial charge is 0.481 e. The number of nitro groups is 1. The number of carbonyl (C=O) groups is 1. The molecule has 1 aromatic rings. The Hall–Kier alpha value is -2.12. The van der Waals surface area contributed by atoms with E-state index in [0.717, 1.165) is 0 Å². The average molecular weight is 298 g/mol. The normalized spacial score (nSPS) is 12.7. The van der Waals surface area contributed by atoms with Crippen LogP contribution in [0.4, 0.5) is 11.5 Å². The first-order chi connectivity index (χ1) is 9.65. The van der Waals surface area contributed by atoms with Crippen LogP contribution in [0.1, 0.15) is 45.7 Å². The van der Waals surface area contributed by atoms with E-state index in [-0.39, 0.29) is 29.8 Å². The van der Waals surface area contributed by atoms with Gasteiger partial charge in [0.15, 0.2) is 0 Å². The molecule has 8 heteroatoms. The quantitative estimate of drug-likeness (QED) is 0.590. The van der Waals surface area contributed by atoms with Crippen LogP contribution in [-0.2, 0) is 11.8 Å². The highest BCUT2D eigenvalue weighted by molar-refractivity contribution is 5.69. The monoisotopic (exact) mass is 298 g/mol. The third kappa shape index (κ3) is 3.93. The number of nitrogens with zero attached hydrogens (tertiary/aromatic N) is 3. The fourth-order valence-electron chi connectivity index (χ4n) is 2.08. The van der Waals surface area contributed by atoms with Gasteiger partial charge in [-0.15, -0.1) is 0 Å². The summed E-state index contributed by atoms with van der Waals surface area (Å²) in [7, 11) is 1.61. The fourth-order valence-corrected chi connectivity index (χ4v) is 2.08. The predicted octanol–water partition coefficient (Wildman–Crippen LogP) is 2.36. The van der Waals surface area contributed by atoms with Gasteiger partial charge >= 0.3 is 11.7 Å². The molecule has 1 aromatic heterocycles. The summed E-state index contributed by atoms with van der Waals surface area (Å²) in [4.78, 5) is 21.8. The molecule has 0 aliphatic rings. The van der Waals surface area contributed by atoms with E-state index in [4.69, 9.17) is 5.11 Å². The van der Waals surface area contributed by atoms with Gasteiger partial charge in [0.1, 0.15) is 5.69 Å². The fraction of sp³-hybridized carbons (Fsp3) is 0.692. The van der Waals surface area contributed by atoms with Gasteiger partial charge in [0.05, 0.1) is 11.3 Å². The van der Waals surface area contributed by atoms with Gasteiger partial charge in [-0.05, 0) is 5.92 Å². The van der Waals surface area contributed by atoms with Crippen molar-refractivity contribution in [1.29, 1.82) is 0 Å². The second-order valence-electron chi connectivity index (χ2n) is 5.71. The lowest BCUT2D eigenvalue weighted by Gasteiger charge is -2.21. The van der Waals surface area contributed by atoms with E-state index >= 15 is 0 Å². The van der Waals surface area contributed by atoms with E-state index in [1.54, 1.807) is 7.05 Å². The zero-order valence-corrected chi connectivity index (χ0v) is 13.0. The number of hydrogen-bond donors (Lipinski definition) is 2. The van der Waals surface area contributed by atoms with Gasteiger partial charge in [-0.1, -0.05) is 27.7 Å². The summed E-state index contributed by atoms with van der Waals surface area (Å²) in [6, 6.07) is -0.406. The Labute approximate surface area is 123 Å². The molecular weight excluding hydrogens is 276 g/mol. The van der Waals surface area contributed by atoms with Gasteiger partial charge in [0.2, 0.25) is 5.82 Å². The molecule has 0 fully saturated rings. The van der Waals surface area contributed by atoms with Crippen LogP contribution in [-0.4, -0.2) is 31.8 Å². The molecule has 1 unspecified atom stereocenters. The summed E-state index contributed by atoms with van der Waals surface area (Å²) in [6.07, 6.45) is -0.114. The maximum absolute atomic E-state index is 11.3. The van der Waals surface area contributed by atoms with Crippen molar-refractivity contribution in [2.24, 2.45) is 13.0 Å². The zero-order chi connectivity index (χ0) is 16.3. The molecule has 0 bridgehead atoms. The van der Waals surface area contributed by atoms with Crippen LogP contribution in [0.2, 0.25) is 0 Å². The third-order valence-electron chi connectivity index (χ3n) is 3.30. The molecule has 0 spiro atoms. The number of nitrogens with one attached hydrogen (secondary N) is 1. The topological polar surface area (TPSA) is 110 Å². The van der Waals surface area contributed by atoms with Crippen molar-refractivity contribution in [1.82, 2.24) is 9.78 Å². The number of carboxylic acids is 1. The molecule has 0 aromatic carbocycles. The number of aryl methyl sites for hydroxylation is 1. The summed E-state index contributed by atoms with van der Waals surface area (Å²) >= 11 is 0. The molecule has 1 heterocycles. The van der Waals surface area contributed by atoms with Crippen LogP contribution in [0.5, 0.6) is 0 Å². The molecule has 8 nitrogen and oxygen atoms in total. The molecule has 0 saturated heterocycles. The molecule has 21 heavy (non-hydrogen) atoms. The molecule has 0 aliphatic heterocycles. The van der Waals surface area contributed by atoms with Gasteiger partial charge in [-0.2, -0.15) is 5.10 Å². The lowest BCUT2D eigenvalue weighted by atomic mass is 10.0. The minimum atomic E-state index is -0.949. The SMILES string of the molecule is CC(C)c1nn(C)c(NC(CC(=O)O)C(C)C)c1[N+](=O)[O-]. The second-order valence-corrected chi connectivity index (χ2v) is 5.71. The summed E-state index contributed by atoms with van der Waals surface area (Å²) in [5, 5.41) is 27.5. The maximum Gasteiger partial charge on any atom is 0.334 e. The summed E-state index contributed by atoms with van der Waals surface area (Å²) in [5.41, 5.74) is 0.311. The molecule has 118 valence electrons. The molecule has 0 saturated carbocycles. The van der Waals surface area contributed by atoms with E-state index in [1.165, 1.54) is 4.68 Å². The number of rotatable bonds is 7. The molecule has 0 aliphatic carbocycles. The van der Waals surface area contributed by atoms with Crippen LogP contribution < -0.4 is 5.32 Å². The Balaban J connectivity index is 3.22. The van der Waals surface area contributed by atoms with Crippen molar-refractivity contribution in [3.05, 3.63) is 15.8 Å². The smallest absolute Gasteiger partial charge is 0.334 e. The van der Waals surface area contributed by atoms with Crippen molar-refractivity contribution in [3.63, 3.8) is 0 Å². The lowest BCUT2D eigenvalue weighted by molar-refractivity contribution is -0.384. The second kappa shape index (κ2) is 6.55. The van der Waals surface area contributed by atoms with Crippen LogP contribution in [0.3, 0.4) is 0 Å². The van der Waals surface area contributed by atoms with E-state index in [1.807, 2.05) is 27.7 Å². The lowest BCUT2D eigenvalue weighted by Crippen LogP contribution is -2.29. The van der Waals surface area contributed by atoms with Crippen molar-refractivity contribution < 1.29 is 14.8 Å². The van der Waals surface area contributed by atoms with Crippen LogP contribution >= 0.6 is 0 Å². The van der Waals surface area contributed by atoms with Crippen molar-refractivity contribution >= 4 is 17.5 Å². The highest BCUT2D eigenvalue weighted by Crippen LogP contribution is 2.33. The van der Waals surface area contributed by atoms with E-state index < -0.39 is 16.9 Å². The Bertz CT molecular complexity index is 537. The Morgan fingerprint density at radius 1 is 1.43 bits per heavy atom. The number of aromatic nitrogens is 2. The number of hydrogen-bond acceptors (Lipinski definition) is 5. The van der Waals surface area contributed by atoms with Crippen molar-refractivity contribution in [2.75, 3.05) is 5.32 Å². The first-order valence-corrected chi connectivity index (χ1v) is 6.84. The molecule has 1 atom stereocenters. The summed E-state index contributed by atoms with van der Waals surface area (Å²) in [6.45, 7) is 7.39.